The number of rotatable bonds is 6. The second-order valence-corrected chi connectivity index (χ2v) is 8.69. The molecule has 1 amide bonds. The summed E-state index contributed by atoms with van der Waals surface area (Å²) < 4.78 is 25.3. The number of hydrogen-bond acceptors (Lipinski definition) is 3. The third kappa shape index (κ3) is 4.64. The molecule has 1 aliphatic rings. The van der Waals surface area contributed by atoms with Gasteiger partial charge in [-0.15, -0.1) is 0 Å². The zero-order chi connectivity index (χ0) is 18.6. The predicted octanol–water partition coefficient (Wildman–Crippen LogP) is 3.50. The molecule has 0 aromatic heterocycles. The molecular formula is C20H24N2O3S. The number of sulfonamides is 1. The highest BCUT2D eigenvalue weighted by molar-refractivity contribution is 7.93. The first-order valence-corrected chi connectivity index (χ1v) is 10.5. The monoisotopic (exact) mass is 372 g/mol. The van der Waals surface area contributed by atoms with E-state index in [-0.39, 0.29) is 11.7 Å². The van der Waals surface area contributed by atoms with Crippen LogP contribution in [-0.4, -0.2) is 26.6 Å². The van der Waals surface area contributed by atoms with Crippen LogP contribution in [0, 0.1) is 6.92 Å². The lowest BCUT2D eigenvalue weighted by Crippen LogP contribution is -2.24. The largest absolute Gasteiger partial charge is 0.326 e. The van der Waals surface area contributed by atoms with E-state index in [4.69, 9.17) is 0 Å². The van der Waals surface area contributed by atoms with E-state index in [9.17, 15) is 13.2 Å². The molecule has 1 N–H and O–H groups in total. The Morgan fingerprint density at radius 3 is 2.38 bits per heavy atom. The number of carbonyl (C=O) groups excluding carboxylic acids is 1. The summed E-state index contributed by atoms with van der Waals surface area (Å²) in [4.78, 5) is 12.1. The number of benzene rings is 2. The van der Waals surface area contributed by atoms with Crippen LogP contribution in [0.5, 0.6) is 0 Å². The Labute approximate surface area is 155 Å². The highest BCUT2D eigenvalue weighted by Crippen LogP contribution is 2.25. The first-order valence-electron chi connectivity index (χ1n) is 8.90. The minimum atomic E-state index is -3.17. The highest BCUT2D eigenvalue weighted by Gasteiger charge is 2.28. The van der Waals surface area contributed by atoms with Gasteiger partial charge in [-0.25, -0.2) is 8.42 Å². The standard InChI is InChI=1S/C20H24N2O3S/c1-16-6-8-17(9-7-16)4-2-5-20(23)21-18-10-12-19(13-11-18)22-14-3-15-26(22,24)25/h6-13H,2-5,14-15H2,1H3,(H,21,23). The van der Waals surface area contributed by atoms with Gasteiger partial charge in [-0.3, -0.25) is 9.10 Å². The molecule has 1 fully saturated rings. The smallest absolute Gasteiger partial charge is 0.235 e. The van der Waals surface area contributed by atoms with Crippen LogP contribution in [0.3, 0.4) is 0 Å². The van der Waals surface area contributed by atoms with Crippen molar-refractivity contribution < 1.29 is 13.2 Å². The molecule has 0 bridgehead atoms. The summed E-state index contributed by atoms with van der Waals surface area (Å²) in [6.07, 6.45) is 2.77. The average Bonchev–Trinajstić information content (AvgIpc) is 2.97. The lowest BCUT2D eigenvalue weighted by molar-refractivity contribution is -0.116. The van der Waals surface area contributed by atoms with Crippen LogP contribution >= 0.6 is 0 Å². The maximum absolute atomic E-state index is 12.1. The fraction of sp³-hybridized carbons (Fsp3) is 0.350. The minimum Gasteiger partial charge on any atom is -0.326 e. The Hall–Kier alpha value is -2.34. The van der Waals surface area contributed by atoms with Crippen LogP contribution in [0.2, 0.25) is 0 Å². The summed E-state index contributed by atoms with van der Waals surface area (Å²) in [5, 5.41) is 2.87. The Kier molecular flexibility index (Phi) is 5.61. The van der Waals surface area contributed by atoms with E-state index in [1.807, 2.05) is 0 Å². The Bertz CT molecular complexity index is 859. The average molecular weight is 372 g/mol. The number of nitrogens with zero attached hydrogens (tertiary/aromatic N) is 1. The summed E-state index contributed by atoms with van der Waals surface area (Å²) in [7, 11) is -3.17. The number of amides is 1. The van der Waals surface area contributed by atoms with E-state index in [1.54, 1.807) is 24.3 Å². The Balaban J connectivity index is 1.49. The van der Waals surface area contributed by atoms with Gasteiger partial charge >= 0.3 is 0 Å². The number of anilines is 2. The van der Waals surface area contributed by atoms with Crippen molar-refractivity contribution in [2.75, 3.05) is 21.9 Å². The van der Waals surface area contributed by atoms with Crippen molar-refractivity contribution in [2.45, 2.75) is 32.6 Å². The van der Waals surface area contributed by atoms with Crippen LogP contribution in [0.15, 0.2) is 48.5 Å². The maximum atomic E-state index is 12.1. The third-order valence-corrected chi connectivity index (χ3v) is 6.40. The molecule has 2 aromatic carbocycles. The van der Waals surface area contributed by atoms with Crippen LogP contribution in [0.1, 0.15) is 30.4 Å². The molecule has 0 radical (unpaired) electrons. The highest BCUT2D eigenvalue weighted by atomic mass is 32.2. The van der Waals surface area contributed by atoms with E-state index in [1.165, 1.54) is 15.4 Å². The normalized spacial score (nSPS) is 15.8. The summed E-state index contributed by atoms with van der Waals surface area (Å²) in [6.45, 7) is 2.58. The van der Waals surface area contributed by atoms with E-state index >= 15 is 0 Å². The van der Waals surface area contributed by atoms with Gasteiger partial charge in [0.05, 0.1) is 11.4 Å². The first kappa shape index (κ1) is 18.5. The second kappa shape index (κ2) is 7.91. The van der Waals surface area contributed by atoms with Gasteiger partial charge in [0, 0.05) is 18.7 Å². The van der Waals surface area contributed by atoms with Crippen molar-refractivity contribution in [3.63, 3.8) is 0 Å². The Morgan fingerprint density at radius 2 is 1.77 bits per heavy atom. The molecule has 3 rings (SSSR count). The fourth-order valence-electron chi connectivity index (χ4n) is 3.07. The van der Waals surface area contributed by atoms with Gasteiger partial charge in [-0.05, 0) is 56.0 Å². The quantitative estimate of drug-likeness (QED) is 0.844. The predicted molar refractivity (Wildman–Crippen MR) is 105 cm³/mol. The lowest BCUT2D eigenvalue weighted by atomic mass is 10.1. The zero-order valence-corrected chi connectivity index (χ0v) is 15.8. The van der Waals surface area contributed by atoms with Crippen molar-refractivity contribution in [2.24, 2.45) is 0 Å². The van der Waals surface area contributed by atoms with Gasteiger partial charge in [0.1, 0.15) is 0 Å². The number of carbonyl (C=O) groups is 1. The molecule has 26 heavy (non-hydrogen) atoms. The second-order valence-electron chi connectivity index (χ2n) is 6.68. The maximum Gasteiger partial charge on any atom is 0.235 e. The van der Waals surface area contributed by atoms with Crippen LogP contribution < -0.4 is 9.62 Å². The molecule has 5 nitrogen and oxygen atoms in total. The van der Waals surface area contributed by atoms with Crippen molar-refractivity contribution in [3.05, 3.63) is 59.7 Å². The molecule has 1 aliphatic heterocycles. The van der Waals surface area contributed by atoms with Crippen molar-refractivity contribution in [1.82, 2.24) is 0 Å². The molecule has 0 unspecified atom stereocenters. The summed E-state index contributed by atoms with van der Waals surface area (Å²) in [6, 6.07) is 15.3. The molecule has 0 spiro atoms. The summed E-state index contributed by atoms with van der Waals surface area (Å²) in [5.74, 6) is 0.172. The van der Waals surface area contributed by atoms with Crippen molar-refractivity contribution >= 4 is 27.3 Å². The van der Waals surface area contributed by atoms with E-state index in [0.717, 1.165) is 12.8 Å². The van der Waals surface area contributed by atoms with E-state index in [2.05, 4.69) is 36.5 Å². The molecule has 1 saturated heterocycles. The lowest BCUT2D eigenvalue weighted by Gasteiger charge is -2.17. The van der Waals surface area contributed by atoms with Gasteiger partial charge in [0.15, 0.2) is 0 Å². The molecule has 6 heteroatoms. The first-order chi connectivity index (χ1) is 12.4. The molecule has 138 valence electrons. The van der Waals surface area contributed by atoms with Crippen LogP contribution in [0.4, 0.5) is 11.4 Å². The fourth-order valence-corrected chi connectivity index (χ4v) is 4.64. The van der Waals surface area contributed by atoms with Crippen molar-refractivity contribution in [3.8, 4) is 0 Å². The van der Waals surface area contributed by atoms with Crippen LogP contribution in [0.25, 0.3) is 0 Å². The molecule has 0 atom stereocenters. The number of aryl methyl sites for hydroxylation is 2. The third-order valence-electron chi connectivity index (χ3n) is 4.53. The number of hydrogen-bond donors (Lipinski definition) is 1. The SMILES string of the molecule is Cc1ccc(CCCC(=O)Nc2ccc(N3CCCS3(=O)=O)cc2)cc1. The topological polar surface area (TPSA) is 66.5 Å². The summed E-state index contributed by atoms with van der Waals surface area (Å²) in [5.41, 5.74) is 3.81. The van der Waals surface area contributed by atoms with Crippen LogP contribution in [-0.2, 0) is 21.2 Å². The van der Waals surface area contributed by atoms with Gasteiger partial charge in [-0.1, -0.05) is 29.8 Å². The zero-order valence-electron chi connectivity index (χ0n) is 14.9. The molecule has 0 saturated carbocycles. The molecular weight excluding hydrogens is 348 g/mol. The number of nitrogens with one attached hydrogen (secondary N) is 1. The molecule has 0 aliphatic carbocycles. The van der Waals surface area contributed by atoms with E-state index < -0.39 is 10.0 Å². The molecule has 2 aromatic rings. The minimum absolute atomic E-state index is 0.0290. The molecule has 1 heterocycles. The van der Waals surface area contributed by atoms with Gasteiger partial charge in [0.25, 0.3) is 0 Å². The Morgan fingerprint density at radius 1 is 1.08 bits per heavy atom. The summed E-state index contributed by atoms with van der Waals surface area (Å²) >= 11 is 0. The van der Waals surface area contributed by atoms with Crippen molar-refractivity contribution in [1.29, 1.82) is 0 Å². The van der Waals surface area contributed by atoms with E-state index in [0.29, 0.717) is 30.8 Å². The van der Waals surface area contributed by atoms with Gasteiger partial charge < -0.3 is 5.32 Å². The van der Waals surface area contributed by atoms with Gasteiger partial charge in [-0.2, -0.15) is 0 Å². The van der Waals surface area contributed by atoms with Gasteiger partial charge in [0.2, 0.25) is 15.9 Å².